The zero-order valence-electron chi connectivity index (χ0n) is 8.66. The number of carbonyl (C=O) groups is 1. The van der Waals surface area contributed by atoms with E-state index in [4.69, 9.17) is 5.11 Å². The molecular formula is C10H20O3. The highest BCUT2D eigenvalue weighted by Gasteiger charge is 2.29. The van der Waals surface area contributed by atoms with Gasteiger partial charge in [-0.2, -0.15) is 0 Å². The molecule has 3 nitrogen and oxygen atoms in total. The molecule has 0 fully saturated rings. The quantitative estimate of drug-likeness (QED) is 0.669. The van der Waals surface area contributed by atoms with Crippen LogP contribution in [0.15, 0.2) is 0 Å². The van der Waals surface area contributed by atoms with Crippen molar-refractivity contribution < 1.29 is 15.0 Å². The first-order valence-electron chi connectivity index (χ1n) is 4.99. The molecule has 0 saturated carbocycles. The van der Waals surface area contributed by atoms with E-state index in [9.17, 15) is 9.90 Å². The second kappa shape index (κ2) is 5.97. The Kier molecular flexibility index (Phi) is 5.71. The molecule has 13 heavy (non-hydrogen) atoms. The Morgan fingerprint density at radius 3 is 1.85 bits per heavy atom. The number of rotatable bonds is 6. The fourth-order valence-corrected chi connectivity index (χ4v) is 1.66. The van der Waals surface area contributed by atoms with Crippen molar-refractivity contribution in [1.29, 1.82) is 0 Å². The van der Waals surface area contributed by atoms with Crippen LogP contribution in [-0.2, 0) is 4.79 Å². The Bertz CT molecular complexity index is 152. The normalized spacial score (nSPS) is 15.8. The fraction of sp³-hybridized carbons (Fsp3) is 0.900. The summed E-state index contributed by atoms with van der Waals surface area (Å²) in [5.41, 5.74) is 0. The van der Waals surface area contributed by atoms with Gasteiger partial charge in [-0.3, -0.25) is 4.79 Å². The third-order valence-corrected chi connectivity index (χ3v) is 2.70. The first kappa shape index (κ1) is 12.4. The van der Waals surface area contributed by atoms with Gasteiger partial charge in [0.15, 0.2) is 0 Å². The van der Waals surface area contributed by atoms with E-state index in [0.29, 0.717) is 6.42 Å². The monoisotopic (exact) mass is 188 g/mol. The zero-order valence-corrected chi connectivity index (χ0v) is 8.66. The number of carboxylic acid groups (broad SMARTS) is 1. The molecule has 78 valence electrons. The van der Waals surface area contributed by atoms with Gasteiger partial charge in [-0.15, -0.1) is 0 Å². The largest absolute Gasteiger partial charge is 0.481 e. The zero-order chi connectivity index (χ0) is 10.4. The fourth-order valence-electron chi connectivity index (χ4n) is 1.66. The number of hydrogen-bond acceptors (Lipinski definition) is 2. The van der Waals surface area contributed by atoms with Gasteiger partial charge in [0.1, 0.15) is 0 Å². The topological polar surface area (TPSA) is 57.5 Å². The standard InChI is InChI=1S/C10H20O3/c1-4-7(5-2)9(11)8(6-3)10(12)13/h7-9,11H,4-6H2,1-3H3,(H,12,13). The molecule has 0 heterocycles. The van der Waals surface area contributed by atoms with E-state index in [0.717, 1.165) is 12.8 Å². The molecular weight excluding hydrogens is 168 g/mol. The van der Waals surface area contributed by atoms with E-state index >= 15 is 0 Å². The maximum absolute atomic E-state index is 10.7. The minimum absolute atomic E-state index is 0.112. The number of carboxylic acids is 1. The molecule has 0 amide bonds. The average Bonchev–Trinajstić information content (AvgIpc) is 2.07. The molecule has 0 aliphatic rings. The molecule has 0 radical (unpaired) electrons. The second-order valence-corrected chi connectivity index (χ2v) is 3.42. The molecule has 0 aliphatic carbocycles. The summed E-state index contributed by atoms with van der Waals surface area (Å²) in [7, 11) is 0. The molecule has 0 bridgehead atoms. The molecule has 0 aromatic carbocycles. The van der Waals surface area contributed by atoms with Crippen LogP contribution in [0.4, 0.5) is 0 Å². The Balaban J connectivity index is 4.33. The number of aliphatic carboxylic acids is 1. The van der Waals surface area contributed by atoms with Crippen molar-refractivity contribution in [2.75, 3.05) is 0 Å². The lowest BCUT2D eigenvalue weighted by atomic mass is 9.86. The minimum Gasteiger partial charge on any atom is -0.481 e. The summed E-state index contributed by atoms with van der Waals surface area (Å²) >= 11 is 0. The molecule has 2 unspecified atom stereocenters. The van der Waals surface area contributed by atoms with Gasteiger partial charge in [0.05, 0.1) is 12.0 Å². The average molecular weight is 188 g/mol. The molecule has 0 aromatic rings. The molecule has 0 rings (SSSR count). The van der Waals surface area contributed by atoms with Crippen molar-refractivity contribution in [3.05, 3.63) is 0 Å². The maximum Gasteiger partial charge on any atom is 0.309 e. The van der Waals surface area contributed by atoms with E-state index in [1.165, 1.54) is 0 Å². The van der Waals surface area contributed by atoms with Crippen molar-refractivity contribution >= 4 is 5.97 Å². The Morgan fingerprint density at radius 1 is 1.15 bits per heavy atom. The van der Waals surface area contributed by atoms with Crippen molar-refractivity contribution in [3.63, 3.8) is 0 Å². The Labute approximate surface area is 79.8 Å². The summed E-state index contributed by atoms with van der Waals surface area (Å²) in [6.45, 7) is 5.75. The van der Waals surface area contributed by atoms with Gasteiger partial charge in [-0.25, -0.2) is 0 Å². The first-order chi connectivity index (χ1) is 6.08. The van der Waals surface area contributed by atoms with Crippen molar-refractivity contribution in [3.8, 4) is 0 Å². The summed E-state index contributed by atoms with van der Waals surface area (Å²) < 4.78 is 0. The van der Waals surface area contributed by atoms with Gasteiger partial charge >= 0.3 is 5.97 Å². The summed E-state index contributed by atoms with van der Waals surface area (Å²) in [4.78, 5) is 10.7. The molecule has 2 atom stereocenters. The third-order valence-electron chi connectivity index (χ3n) is 2.70. The summed E-state index contributed by atoms with van der Waals surface area (Å²) in [5.74, 6) is -1.38. The highest BCUT2D eigenvalue weighted by molar-refractivity contribution is 5.70. The van der Waals surface area contributed by atoms with E-state index in [1.54, 1.807) is 6.92 Å². The van der Waals surface area contributed by atoms with Crippen LogP contribution in [0.3, 0.4) is 0 Å². The Hall–Kier alpha value is -0.570. The molecule has 0 aliphatic heterocycles. The SMILES string of the molecule is CCC(CC)C(O)C(CC)C(=O)O. The molecule has 0 saturated heterocycles. The lowest BCUT2D eigenvalue weighted by Gasteiger charge is -2.24. The van der Waals surface area contributed by atoms with Crippen LogP contribution in [-0.4, -0.2) is 22.3 Å². The van der Waals surface area contributed by atoms with Crippen molar-refractivity contribution in [2.45, 2.75) is 46.1 Å². The van der Waals surface area contributed by atoms with Crippen LogP contribution in [0.5, 0.6) is 0 Å². The second-order valence-electron chi connectivity index (χ2n) is 3.42. The lowest BCUT2D eigenvalue weighted by molar-refractivity contribution is -0.147. The smallest absolute Gasteiger partial charge is 0.309 e. The van der Waals surface area contributed by atoms with Crippen LogP contribution in [0.2, 0.25) is 0 Å². The van der Waals surface area contributed by atoms with Crippen LogP contribution in [0.1, 0.15) is 40.0 Å². The predicted octanol–water partition coefficient (Wildman–Crippen LogP) is 1.89. The van der Waals surface area contributed by atoms with Gasteiger partial charge < -0.3 is 10.2 Å². The molecule has 3 heteroatoms. The van der Waals surface area contributed by atoms with Crippen LogP contribution in [0.25, 0.3) is 0 Å². The van der Waals surface area contributed by atoms with Gasteiger partial charge in [-0.05, 0) is 12.3 Å². The number of aliphatic hydroxyl groups excluding tert-OH is 1. The molecule has 0 spiro atoms. The van der Waals surface area contributed by atoms with Crippen molar-refractivity contribution in [1.82, 2.24) is 0 Å². The van der Waals surface area contributed by atoms with Crippen molar-refractivity contribution in [2.24, 2.45) is 11.8 Å². The minimum atomic E-state index is -0.887. The summed E-state index contributed by atoms with van der Waals surface area (Å²) in [6, 6.07) is 0. The van der Waals surface area contributed by atoms with Gasteiger partial charge in [0.2, 0.25) is 0 Å². The lowest BCUT2D eigenvalue weighted by Crippen LogP contribution is -2.33. The van der Waals surface area contributed by atoms with E-state index in [-0.39, 0.29) is 5.92 Å². The predicted molar refractivity (Wildman–Crippen MR) is 51.5 cm³/mol. The van der Waals surface area contributed by atoms with E-state index < -0.39 is 18.0 Å². The van der Waals surface area contributed by atoms with Crippen LogP contribution < -0.4 is 0 Å². The van der Waals surface area contributed by atoms with E-state index in [2.05, 4.69) is 0 Å². The van der Waals surface area contributed by atoms with Gasteiger partial charge in [0, 0.05) is 0 Å². The van der Waals surface area contributed by atoms with Crippen LogP contribution in [0, 0.1) is 11.8 Å². The Morgan fingerprint density at radius 2 is 1.62 bits per heavy atom. The summed E-state index contributed by atoms with van der Waals surface area (Å²) in [6.07, 6.45) is 1.47. The highest BCUT2D eigenvalue weighted by atomic mass is 16.4. The summed E-state index contributed by atoms with van der Waals surface area (Å²) in [5, 5.41) is 18.6. The third kappa shape index (κ3) is 3.35. The highest BCUT2D eigenvalue weighted by Crippen LogP contribution is 2.22. The first-order valence-corrected chi connectivity index (χ1v) is 4.99. The van der Waals surface area contributed by atoms with Gasteiger partial charge in [0.25, 0.3) is 0 Å². The molecule has 2 N–H and O–H groups in total. The van der Waals surface area contributed by atoms with Gasteiger partial charge in [-0.1, -0.05) is 33.6 Å². The number of aliphatic hydroxyl groups is 1. The van der Waals surface area contributed by atoms with Crippen LogP contribution >= 0.6 is 0 Å². The molecule has 0 aromatic heterocycles. The maximum atomic E-state index is 10.7. The number of hydrogen-bond donors (Lipinski definition) is 2. The van der Waals surface area contributed by atoms with E-state index in [1.807, 2.05) is 13.8 Å².